The van der Waals surface area contributed by atoms with Gasteiger partial charge in [0.25, 0.3) is 5.91 Å². The molecule has 3 rings (SSSR count). The topological polar surface area (TPSA) is 86.4 Å². The maximum atomic E-state index is 12.1. The number of rotatable bonds is 8. The summed E-state index contributed by atoms with van der Waals surface area (Å²) in [7, 11) is 1.91. The third kappa shape index (κ3) is 5.49. The van der Waals surface area contributed by atoms with Crippen molar-refractivity contribution >= 4 is 23.6 Å². The van der Waals surface area contributed by atoms with Gasteiger partial charge in [-0.1, -0.05) is 42.1 Å². The second-order valence-electron chi connectivity index (χ2n) is 5.70. The molecule has 3 aromatic rings. The van der Waals surface area contributed by atoms with Crippen molar-refractivity contribution in [2.45, 2.75) is 17.5 Å². The number of amides is 1. The molecule has 0 atom stereocenters. The highest BCUT2D eigenvalue weighted by Gasteiger charge is 2.14. The number of hydrogen-bond acceptors (Lipinski definition) is 6. The fourth-order valence-corrected chi connectivity index (χ4v) is 3.06. The van der Waals surface area contributed by atoms with Gasteiger partial charge in [0.15, 0.2) is 10.9 Å². The maximum absolute atomic E-state index is 12.1. The number of carbonyl (C=O) groups is 2. The van der Waals surface area contributed by atoms with Crippen molar-refractivity contribution in [2.24, 2.45) is 7.05 Å². The summed E-state index contributed by atoms with van der Waals surface area (Å²) in [4.78, 5) is 28.0. The van der Waals surface area contributed by atoms with Crippen molar-refractivity contribution in [1.82, 2.24) is 14.9 Å². The summed E-state index contributed by atoms with van der Waals surface area (Å²) in [6.07, 6.45) is 3.58. The van der Waals surface area contributed by atoms with Crippen LogP contribution >= 0.6 is 11.8 Å². The summed E-state index contributed by atoms with van der Waals surface area (Å²) in [5.74, 6) is 0.391. The normalized spacial score (nSPS) is 10.6. The van der Waals surface area contributed by atoms with Crippen molar-refractivity contribution in [3.05, 3.63) is 71.9 Å². The average molecular weight is 385 g/mol. The first-order valence-corrected chi connectivity index (χ1v) is 9.27. The van der Waals surface area contributed by atoms with Crippen LogP contribution in [0.5, 0.6) is 0 Å². The molecule has 1 aromatic carbocycles. The molecule has 27 heavy (non-hydrogen) atoms. The number of esters is 1. The van der Waals surface area contributed by atoms with Gasteiger partial charge in [0.2, 0.25) is 0 Å². The summed E-state index contributed by atoms with van der Waals surface area (Å²) in [6, 6.07) is 12.7. The zero-order valence-corrected chi connectivity index (χ0v) is 15.6. The van der Waals surface area contributed by atoms with Crippen LogP contribution in [0.3, 0.4) is 0 Å². The third-order valence-electron chi connectivity index (χ3n) is 3.64. The van der Waals surface area contributed by atoms with Crippen LogP contribution in [0.4, 0.5) is 0 Å². The summed E-state index contributed by atoms with van der Waals surface area (Å²) in [5.41, 5.74) is 0.887. The fourth-order valence-electron chi connectivity index (χ4n) is 2.23. The molecule has 0 aliphatic heterocycles. The Labute approximate surface area is 160 Å². The van der Waals surface area contributed by atoms with Gasteiger partial charge >= 0.3 is 5.97 Å². The number of imidazole rings is 1. The second-order valence-corrected chi connectivity index (χ2v) is 6.65. The van der Waals surface area contributed by atoms with Crippen molar-refractivity contribution in [2.75, 3.05) is 6.54 Å². The molecule has 1 N–H and O–H groups in total. The van der Waals surface area contributed by atoms with Crippen LogP contribution < -0.4 is 5.32 Å². The molecule has 2 heterocycles. The van der Waals surface area contributed by atoms with Crippen LogP contribution in [0.1, 0.15) is 21.9 Å². The van der Waals surface area contributed by atoms with Crippen LogP contribution in [0.2, 0.25) is 0 Å². The number of benzene rings is 1. The van der Waals surface area contributed by atoms with E-state index in [1.807, 2.05) is 48.1 Å². The van der Waals surface area contributed by atoms with E-state index in [9.17, 15) is 9.59 Å². The van der Waals surface area contributed by atoms with Crippen molar-refractivity contribution in [3.63, 3.8) is 0 Å². The van der Waals surface area contributed by atoms with Gasteiger partial charge in [0, 0.05) is 19.4 Å². The van der Waals surface area contributed by atoms with Gasteiger partial charge in [0.05, 0.1) is 5.75 Å². The Balaban J connectivity index is 1.42. The molecule has 0 fully saturated rings. The number of hydrogen-bond donors (Lipinski definition) is 1. The number of nitrogens with one attached hydrogen (secondary N) is 1. The van der Waals surface area contributed by atoms with Crippen LogP contribution in [0.15, 0.2) is 64.4 Å². The van der Waals surface area contributed by atoms with Gasteiger partial charge in [-0.3, -0.25) is 9.59 Å². The van der Waals surface area contributed by atoms with E-state index in [-0.39, 0.29) is 18.9 Å². The molecule has 2 aromatic heterocycles. The zero-order valence-electron chi connectivity index (χ0n) is 14.8. The highest BCUT2D eigenvalue weighted by atomic mass is 32.2. The summed E-state index contributed by atoms with van der Waals surface area (Å²) in [6.45, 7) is -0.0470. The number of aromatic nitrogens is 2. The lowest BCUT2D eigenvalue weighted by atomic mass is 10.2. The van der Waals surface area contributed by atoms with Gasteiger partial charge in [-0.05, 0) is 17.7 Å². The largest absolute Gasteiger partial charge is 0.460 e. The molecule has 0 radical (unpaired) electrons. The molecule has 0 spiro atoms. The SMILES string of the molecule is Cn1ccnc1SCc1ccc(C(=O)NCC(=O)OCc2ccccc2)o1. The van der Waals surface area contributed by atoms with Crippen LogP contribution in [-0.2, 0) is 28.9 Å². The van der Waals surface area contributed by atoms with E-state index in [0.717, 1.165) is 10.7 Å². The summed E-state index contributed by atoms with van der Waals surface area (Å²) in [5, 5.41) is 3.36. The van der Waals surface area contributed by atoms with Crippen molar-refractivity contribution in [1.29, 1.82) is 0 Å². The summed E-state index contributed by atoms with van der Waals surface area (Å²) < 4.78 is 12.5. The lowest BCUT2D eigenvalue weighted by molar-refractivity contribution is -0.143. The van der Waals surface area contributed by atoms with E-state index in [1.165, 1.54) is 11.8 Å². The monoisotopic (exact) mass is 385 g/mol. The molecule has 1 amide bonds. The first-order valence-electron chi connectivity index (χ1n) is 8.28. The lowest BCUT2D eigenvalue weighted by Crippen LogP contribution is -2.30. The van der Waals surface area contributed by atoms with Crippen molar-refractivity contribution in [3.8, 4) is 0 Å². The first-order chi connectivity index (χ1) is 13.1. The minimum Gasteiger partial charge on any atom is -0.460 e. The minimum atomic E-state index is -0.510. The molecule has 7 nitrogen and oxygen atoms in total. The number of thioether (sulfide) groups is 1. The van der Waals surface area contributed by atoms with E-state index < -0.39 is 11.9 Å². The molecule has 0 saturated carbocycles. The number of nitrogens with zero attached hydrogens (tertiary/aromatic N) is 2. The van der Waals surface area contributed by atoms with Gasteiger partial charge < -0.3 is 19.0 Å². The summed E-state index contributed by atoms with van der Waals surface area (Å²) >= 11 is 1.51. The fraction of sp³-hybridized carbons (Fsp3) is 0.211. The highest BCUT2D eigenvalue weighted by molar-refractivity contribution is 7.98. The lowest BCUT2D eigenvalue weighted by Gasteiger charge is -2.05. The number of aryl methyl sites for hydroxylation is 1. The van der Waals surface area contributed by atoms with Crippen molar-refractivity contribution < 1.29 is 18.7 Å². The van der Waals surface area contributed by atoms with Gasteiger partial charge in [0.1, 0.15) is 18.9 Å². The Kier molecular flexibility index (Phi) is 6.32. The quantitative estimate of drug-likeness (QED) is 0.474. The van der Waals surface area contributed by atoms with Gasteiger partial charge in [-0.15, -0.1) is 0 Å². The molecule has 140 valence electrons. The predicted molar refractivity (Wildman–Crippen MR) is 100 cm³/mol. The Morgan fingerprint density at radius 1 is 1.22 bits per heavy atom. The average Bonchev–Trinajstić information content (AvgIpc) is 3.32. The van der Waals surface area contributed by atoms with Crippen LogP contribution in [0.25, 0.3) is 0 Å². The molecule has 0 unspecified atom stereocenters. The van der Waals surface area contributed by atoms with E-state index >= 15 is 0 Å². The molecule has 8 heteroatoms. The first kappa shape index (κ1) is 18.8. The predicted octanol–water partition coefficient (Wildman–Crippen LogP) is 2.78. The number of furan rings is 1. The van der Waals surface area contributed by atoms with Gasteiger partial charge in [-0.2, -0.15) is 0 Å². The molecule has 0 aliphatic carbocycles. The molecule has 0 bridgehead atoms. The highest BCUT2D eigenvalue weighted by Crippen LogP contribution is 2.21. The van der Waals surface area contributed by atoms with Gasteiger partial charge in [-0.25, -0.2) is 4.98 Å². The Hall–Kier alpha value is -3.00. The van der Waals surface area contributed by atoms with Crippen LogP contribution in [-0.4, -0.2) is 28.0 Å². The van der Waals surface area contributed by atoms with E-state index in [1.54, 1.807) is 18.3 Å². The Morgan fingerprint density at radius 3 is 2.78 bits per heavy atom. The Morgan fingerprint density at radius 2 is 2.04 bits per heavy atom. The number of ether oxygens (including phenoxy) is 1. The maximum Gasteiger partial charge on any atom is 0.325 e. The minimum absolute atomic E-state index is 0.154. The van der Waals surface area contributed by atoms with E-state index in [4.69, 9.17) is 9.15 Å². The smallest absolute Gasteiger partial charge is 0.325 e. The third-order valence-corrected chi connectivity index (χ3v) is 4.72. The van der Waals surface area contributed by atoms with Crippen LogP contribution in [0, 0.1) is 0 Å². The van der Waals surface area contributed by atoms with E-state index in [2.05, 4.69) is 10.3 Å². The van der Waals surface area contributed by atoms with E-state index in [0.29, 0.717) is 11.5 Å². The number of carbonyl (C=O) groups excluding carboxylic acids is 2. The molecular weight excluding hydrogens is 366 g/mol. The second kappa shape index (κ2) is 9.09. The molecular formula is C19H19N3O4S. The molecule has 0 aliphatic rings. The Bertz CT molecular complexity index is 905. The standard InChI is InChI=1S/C19H19N3O4S/c1-22-10-9-20-19(22)27-13-15-7-8-16(26-15)18(24)21-11-17(23)25-12-14-5-3-2-4-6-14/h2-10H,11-13H2,1H3,(H,21,24). The molecule has 0 saturated heterocycles. The zero-order chi connectivity index (χ0) is 19.1.